The molecule has 1 N–H and O–H groups in total. The van der Waals surface area contributed by atoms with Crippen LogP contribution in [0.15, 0.2) is 4.99 Å². The van der Waals surface area contributed by atoms with E-state index < -0.39 is 0 Å². The van der Waals surface area contributed by atoms with Crippen molar-refractivity contribution >= 4 is 16.9 Å². The normalized spacial score (nSPS) is 21.2. The van der Waals surface area contributed by atoms with Crippen LogP contribution >= 0.6 is 11.8 Å². The van der Waals surface area contributed by atoms with Crippen LogP contribution in [-0.2, 0) is 0 Å². The highest BCUT2D eigenvalue weighted by Gasteiger charge is 2.22. The number of hydrogen-bond donors (Lipinski definition) is 1. The Labute approximate surface area is 98.3 Å². The molecule has 0 saturated heterocycles. The van der Waals surface area contributed by atoms with Gasteiger partial charge in [0, 0.05) is 11.8 Å². The van der Waals surface area contributed by atoms with Crippen LogP contribution in [0, 0.1) is 11.8 Å². The largest absolute Gasteiger partial charge is 0.365 e. The minimum atomic E-state index is 0.689. The Morgan fingerprint density at radius 1 is 1.40 bits per heavy atom. The fraction of sp³-hybridized carbons (Fsp3) is 0.917. The van der Waals surface area contributed by atoms with Crippen LogP contribution in [0.2, 0.25) is 0 Å². The Bertz CT molecular complexity index is 210. The van der Waals surface area contributed by atoms with E-state index in [1.54, 1.807) is 0 Å². The number of aliphatic imine (C=N–C) groups is 1. The van der Waals surface area contributed by atoms with Crippen LogP contribution in [0.1, 0.15) is 40.5 Å². The highest BCUT2D eigenvalue weighted by Crippen LogP contribution is 2.25. The first-order valence-corrected chi connectivity index (χ1v) is 7.00. The fourth-order valence-corrected chi connectivity index (χ4v) is 2.67. The predicted molar refractivity (Wildman–Crippen MR) is 70.6 cm³/mol. The molecule has 1 atom stereocenters. The molecule has 0 aliphatic carbocycles. The molecule has 15 heavy (non-hydrogen) atoms. The Morgan fingerprint density at radius 3 is 2.53 bits per heavy atom. The van der Waals surface area contributed by atoms with Gasteiger partial charge in [-0.1, -0.05) is 52.3 Å². The van der Waals surface area contributed by atoms with E-state index in [9.17, 15) is 0 Å². The van der Waals surface area contributed by atoms with Gasteiger partial charge in [0.2, 0.25) is 0 Å². The van der Waals surface area contributed by atoms with E-state index in [4.69, 9.17) is 0 Å². The molecule has 0 fully saturated rings. The topological polar surface area (TPSA) is 24.4 Å². The maximum Gasteiger partial charge on any atom is 0.156 e. The molecule has 0 saturated carbocycles. The number of nitrogens with one attached hydrogen (secondary N) is 1. The van der Waals surface area contributed by atoms with Gasteiger partial charge in [-0.3, -0.25) is 4.99 Å². The molecule has 1 rings (SSSR count). The summed E-state index contributed by atoms with van der Waals surface area (Å²) in [7, 11) is 0. The molecular weight excluding hydrogens is 204 g/mol. The summed E-state index contributed by atoms with van der Waals surface area (Å²) < 4.78 is 0. The molecule has 0 aromatic rings. The third-order valence-corrected chi connectivity index (χ3v) is 4.61. The smallest absolute Gasteiger partial charge is 0.156 e. The number of nitrogens with zero attached hydrogens (tertiary/aromatic N) is 1. The molecule has 0 radical (unpaired) electrons. The molecule has 1 aliphatic heterocycles. The van der Waals surface area contributed by atoms with Crippen LogP contribution in [0.25, 0.3) is 0 Å². The Balaban J connectivity index is 2.24. The molecule has 0 aromatic heterocycles. The predicted octanol–water partition coefficient (Wildman–Crippen LogP) is 3.14. The monoisotopic (exact) mass is 228 g/mol. The van der Waals surface area contributed by atoms with Gasteiger partial charge in [-0.05, 0) is 11.8 Å². The maximum absolute atomic E-state index is 4.55. The van der Waals surface area contributed by atoms with E-state index in [2.05, 4.69) is 38.0 Å². The SMILES string of the molecule is CCC(CC)CNC1=NCC(C(C)C)S1. The van der Waals surface area contributed by atoms with Gasteiger partial charge in [0.25, 0.3) is 0 Å². The van der Waals surface area contributed by atoms with E-state index in [1.807, 2.05) is 11.8 Å². The van der Waals surface area contributed by atoms with Crippen LogP contribution in [0.5, 0.6) is 0 Å². The summed E-state index contributed by atoms with van der Waals surface area (Å²) in [4.78, 5) is 4.55. The summed E-state index contributed by atoms with van der Waals surface area (Å²) in [5, 5.41) is 5.34. The van der Waals surface area contributed by atoms with Crippen molar-refractivity contribution in [2.24, 2.45) is 16.8 Å². The number of rotatable bonds is 5. The number of hydrogen-bond acceptors (Lipinski definition) is 3. The summed E-state index contributed by atoms with van der Waals surface area (Å²) in [6.07, 6.45) is 2.52. The minimum absolute atomic E-state index is 0.689. The van der Waals surface area contributed by atoms with Crippen molar-refractivity contribution < 1.29 is 0 Å². The van der Waals surface area contributed by atoms with Crippen molar-refractivity contribution in [3.05, 3.63) is 0 Å². The molecule has 1 unspecified atom stereocenters. The molecule has 0 amide bonds. The zero-order chi connectivity index (χ0) is 11.3. The highest BCUT2D eigenvalue weighted by atomic mass is 32.2. The van der Waals surface area contributed by atoms with Gasteiger partial charge in [0.1, 0.15) is 0 Å². The lowest BCUT2D eigenvalue weighted by Gasteiger charge is -2.15. The average molecular weight is 228 g/mol. The molecule has 3 heteroatoms. The summed E-state index contributed by atoms with van der Waals surface area (Å²) in [5.41, 5.74) is 0. The lowest BCUT2D eigenvalue weighted by molar-refractivity contribution is 0.486. The van der Waals surface area contributed by atoms with Crippen LogP contribution in [0.4, 0.5) is 0 Å². The molecule has 1 heterocycles. The van der Waals surface area contributed by atoms with Crippen molar-refractivity contribution in [2.75, 3.05) is 13.1 Å². The molecule has 0 bridgehead atoms. The second kappa shape index (κ2) is 6.41. The van der Waals surface area contributed by atoms with Crippen LogP contribution in [0.3, 0.4) is 0 Å². The fourth-order valence-electron chi connectivity index (χ4n) is 1.64. The second-order valence-corrected chi connectivity index (χ2v) is 5.84. The number of amidine groups is 1. The van der Waals surface area contributed by atoms with E-state index in [1.165, 1.54) is 18.0 Å². The molecule has 0 spiro atoms. The Hall–Kier alpha value is -0.180. The standard InChI is InChI=1S/C12H24N2S/c1-5-10(6-2)7-13-12-14-8-11(15-12)9(3)4/h9-11H,5-8H2,1-4H3,(H,13,14). The Kier molecular flexibility index (Phi) is 5.51. The van der Waals surface area contributed by atoms with E-state index in [-0.39, 0.29) is 0 Å². The van der Waals surface area contributed by atoms with Gasteiger partial charge >= 0.3 is 0 Å². The van der Waals surface area contributed by atoms with Crippen LogP contribution < -0.4 is 5.32 Å². The molecule has 88 valence electrons. The molecule has 2 nitrogen and oxygen atoms in total. The van der Waals surface area contributed by atoms with Gasteiger partial charge in [-0.25, -0.2) is 0 Å². The summed E-state index contributed by atoms with van der Waals surface area (Å²) in [5.74, 6) is 1.53. The van der Waals surface area contributed by atoms with Crippen molar-refractivity contribution in [3.63, 3.8) is 0 Å². The first-order chi connectivity index (χ1) is 7.17. The van der Waals surface area contributed by atoms with Gasteiger partial charge in [-0.2, -0.15) is 0 Å². The highest BCUT2D eigenvalue weighted by molar-refractivity contribution is 8.14. The van der Waals surface area contributed by atoms with E-state index >= 15 is 0 Å². The van der Waals surface area contributed by atoms with Crippen molar-refractivity contribution in [3.8, 4) is 0 Å². The number of thioether (sulfide) groups is 1. The average Bonchev–Trinajstić information content (AvgIpc) is 2.68. The Morgan fingerprint density at radius 2 is 2.07 bits per heavy atom. The summed E-state index contributed by atoms with van der Waals surface area (Å²) >= 11 is 1.92. The molecule has 1 aliphatic rings. The van der Waals surface area contributed by atoms with Gasteiger partial charge < -0.3 is 5.32 Å². The minimum Gasteiger partial charge on any atom is -0.365 e. The third-order valence-electron chi connectivity index (χ3n) is 3.12. The first-order valence-electron chi connectivity index (χ1n) is 6.12. The third kappa shape index (κ3) is 4.06. The molecular formula is C12H24N2S. The maximum atomic E-state index is 4.55. The first kappa shape index (κ1) is 12.9. The summed E-state index contributed by atoms with van der Waals surface area (Å²) in [6.45, 7) is 11.2. The quantitative estimate of drug-likeness (QED) is 0.782. The van der Waals surface area contributed by atoms with Crippen molar-refractivity contribution in [2.45, 2.75) is 45.8 Å². The lowest BCUT2D eigenvalue weighted by atomic mass is 10.0. The second-order valence-electron chi connectivity index (χ2n) is 4.61. The zero-order valence-electron chi connectivity index (χ0n) is 10.4. The van der Waals surface area contributed by atoms with E-state index in [0.29, 0.717) is 5.25 Å². The van der Waals surface area contributed by atoms with Gasteiger partial charge in [-0.15, -0.1) is 0 Å². The molecule has 0 aromatic carbocycles. The van der Waals surface area contributed by atoms with Crippen molar-refractivity contribution in [1.29, 1.82) is 0 Å². The van der Waals surface area contributed by atoms with E-state index in [0.717, 1.165) is 24.9 Å². The lowest BCUT2D eigenvalue weighted by Crippen LogP contribution is -2.26. The van der Waals surface area contributed by atoms with Crippen LogP contribution in [-0.4, -0.2) is 23.5 Å². The van der Waals surface area contributed by atoms with Gasteiger partial charge in [0.15, 0.2) is 5.17 Å². The van der Waals surface area contributed by atoms with Gasteiger partial charge in [0.05, 0.1) is 6.54 Å². The summed E-state index contributed by atoms with van der Waals surface area (Å²) in [6, 6.07) is 0. The van der Waals surface area contributed by atoms with Crippen molar-refractivity contribution in [1.82, 2.24) is 5.32 Å². The zero-order valence-corrected chi connectivity index (χ0v) is 11.2.